The number of ketones is 1. The summed E-state index contributed by atoms with van der Waals surface area (Å²) in [7, 11) is 1.75. The molecule has 3 rings (SSSR count). The number of allylic oxidation sites excluding steroid dienone is 6. The molecule has 1 aliphatic rings. The molecule has 1 aromatic heterocycles. The van der Waals surface area contributed by atoms with Crippen molar-refractivity contribution in [2.45, 2.75) is 52.6 Å². The summed E-state index contributed by atoms with van der Waals surface area (Å²) in [5.41, 5.74) is 12.2. The Kier molecular flexibility index (Phi) is 10.5. The van der Waals surface area contributed by atoms with Crippen LogP contribution in [-0.4, -0.2) is 41.0 Å². The molecule has 35 heavy (non-hydrogen) atoms. The minimum Gasteiger partial charge on any atom is -0.401 e. The maximum Gasteiger partial charge on any atom is 0.161 e. The molecular formula is C30H38N4O. The third-order valence-electron chi connectivity index (χ3n) is 6.26. The van der Waals surface area contributed by atoms with Crippen LogP contribution < -0.4 is 5.73 Å². The number of rotatable bonds is 8. The second-order valence-electron chi connectivity index (χ2n) is 8.63. The number of aromatic amines is 1. The molecule has 0 spiro atoms. The molecule has 3 N–H and O–H groups in total. The van der Waals surface area contributed by atoms with Gasteiger partial charge in [0.05, 0.1) is 11.4 Å². The fraction of sp³-hybridized carbons (Fsp3) is 0.333. The monoisotopic (exact) mass is 470 g/mol. The number of nitrogens with one attached hydrogen (secondary N) is 1. The number of carbonyl (C=O) groups excluding carboxylic acids is 1. The largest absolute Gasteiger partial charge is 0.401 e. The van der Waals surface area contributed by atoms with Crippen LogP contribution in [0.15, 0.2) is 71.4 Å². The zero-order valence-electron chi connectivity index (χ0n) is 21.5. The van der Waals surface area contributed by atoms with E-state index in [9.17, 15) is 4.79 Å². The van der Waals surface area contributed by atoms with Gasteiger partial charge in [0.15, 0.2) is 5.78 Å². The van der Waals surface area contributed by atoms with E-state index in [0.29, 0.717) is 5.57 Å². The molecule has 2 aromatic rings. The maximum absolute atomic E-state index is 12.6. The number of H-pyrrole nitrogens is 1. The summed E-state index contributed by atoms with van der Waals surface area (Å²) in [5, 5.41) is 1.09. The smallest absolute Gasteiger partial charge is 0.161 e. The van der Waals surface area contributed by atoms with Crippen molar-refractivity contribution >= 4 is 28.0 Å². The van der Waals surface area contributed by atoms with Gasteiger partial charge < -0.3 is 10.7 Å². The van der Waals surface area contributed by atoms with Gasteiger partial charge in [-0.3, -0.25) is 14.7 Å². The lowest BCUT2D eigenvalue weighted by Gasteiger charge is -2.35. The topological polar surface area (TPSA) is 74.5 Å². The molecule has 5 nitrogen and oxygen atoms in total. The molecule has 1 aromatic carbocycles. The lowest BCUT2D eigenvalue weighted by atomic mass is 9.99. The van der Waals surface area contributed by atoms with E-state index in [1.165, 1.54) is 18.4 Å². The number of fused-ring (bicyclic) bond motifs is 1. The number of likely N-dealkylation sites (tertiary alicyclic amines) is 1. The Morgan fingerprint density at radius 3 is 2.63 bits per heavy atom. The predicted octanol–water partition coefficient (Wildman–Crippen LogP) is 5.81. The Morgan fingerprint density at radius 2 is 2.03 bits per heavy atom. The van der Waals surface area contributed by atoms with Crippen molar-refractivity contribution in [2.75, 3.05) is 13.6 Å². The fourth-order valence-electron chi connectivity index (χ4n) is 4.55. The van der Waals surface area contributed by atoms with Crippen molar-refractivity contribution in [3.63, 3.8) is 0 Å². The van der Waals surface area contributed by atoms with Crippen LogP contribution in [0.1, 0.15) is 51.3 Å². The first-order valence-electron chi connectivity index (χ1n) is 12.0. The standard InChI is InChI=1S/C28H36N4O.C2H2/c1-6-10-22(7-2)26(30-5)17-24(20(4)33)27-16-23-15-21(12-13-25(23)31-27)18-32-14-9-8-11-28(32)19(3)29;1-2/h6-7,10,12-13,15-17,28,31H,3,8-9,11,14,18,29H2,1-2,4-5H3;1-2H/b10-6-,22-7+,24-17+,30-26?;. The summed E-state index contributed by atoms with van der Waals surface area (Å²) in [6, 6.07) is 8.74. The summed E-state index contributed by atoms with van der Waals surface area (Å²) in [5.74, 6) is -0.00326. The highest BCUT2D eigenvalue weighted by atomic mass is 16.1. The second kappa shape index (κ2) is 13.3. The van der Waals surface area contributed by atoms with E-state index in [1.807, 2.05) is 38.2 Å². The van der Waals surface area contributed by atoms with E-state index in [-0.39, 0.29) is 11.8 Å². The molecule has 2 heterocycles. The highest BCUT2D eigenvalue weighted by molar-refractivity contribution is 6.27. The Hall–Kier alpha value is -3.62. The predicted molar refractivity (Wildman–Crippen MR) is 150 cm³/mol. The summed E-state index contributed by atoms with van der Waals surface area (Å²) >= 11 is 0. The minimum absolute atomic E-state index is 0.00326. The summed E-state index contributed by atoms with van der Waals surface area (Å²) in [6.45, 7) is 11.4. The van der Waals surface area contributed by atoms with Gasteiger partial charge in [-0.25, -0.2) is 0 Å². The number of piperidine rings is 1. The van der Waals surface area contributed by atoms with Gasteiger partial charge in [-0.1, -0.05) is 37.3 Å². The van der Waals surface area contributed by atoms with E-state index in [2.05, 4.69) is 58.6 Å². The summed E-state index contributed by atoms with van der Waals surface area (Å²) in [4.78, 5) is 22.8. The van der Waals surface area contributed by atoms with E-state index in [0.717, 1.165) is 53.1 Å². The average Bonchev–Trinajstić information content (AvgIpc) is 3.27. The second-order valence-corrected chi connectivity index (χ2v) is 8.63. The number of nitrogens with zero attached hydrogens (tertiary/aromatic N) is 2. The molecule has 0 saturated carbocycles. The first-order valence-corrected chi connectivity index (χ1v) is 12.0. The Morgan fingerprint density at radius 1 is 1.29 bits per heavy atom. The van der Waals surface area contributed by atoms with Crippen molar-refractivity contribution in [2.24, 2.45) is 10.7 Å². The average molecular weight is 471 g/mol. The van der Waals surface area contributed by atoms with Crippen LogP contribution in [0.25, 0.3) is 16.5 Å². The number of nitrogens with two attached hydrogens (primary N) is 1. The van der Waals surface area contributed by atoms with Crippen LogP contribution in [-0.2, 0) is 11.3 Å². The van der Waals surface area contributed by atoms with E-state index in [1.54, 1.807) is 14.0 Å². The maximum atomic E-state index is 12.6. The third-order valence-corrected chi connectivity index (χ3v) is 6.26. The molecule has 0 amide bonds. The van der Waals surface area contributed by atoms with Crippen molar-refractivity contribution in [3.8, 4) is 12.8 Å². The zero-order chi connectivity index (χ0) is 26.0. The first-order chi connectivity index (χ1) is 16.9. The minimum atomic E-state index is -0.00326. The van der Waals surface area contributed by atoms with Crippen molar-refractivity contribution in [3.05, 3.63) is 77.7 Å². The summed E-state index contributed by atoms with van der Waals surface area (Å²) < 4.78 is 0. The lowest BCUT2D eigenvalue weighted by Crippen LogP contribution is -2.41. The van der Waals surface area contributed by atoms with Crippen LogP contribution >= 0.6 is 0 Å². The quantitative estimate of drug-likeness (QED) is 0.221. The van der Waals surface area contributed by atoms with Gasteiger partial charge in [0.2, 0.25) is 0 Å². The number of carbonyl (C=O) groups is 1. The molecular weight excluding hydrogens is 432 g/mol. The van der Waals surface area contributed by atoms with Gasteiger partial charge in [0.1, 0.15) is 0 Å². The molecule has 1 fully saturated rings. The molecule has 1 saturated heterocycles. The lowest BCUT2D eigenvalue weighted by molar-refractivity contribution is -0.111. The van der Waals surface area contributed by atoms with Gasteiger partial charge in [-0.2, -0.15) is 0 Å². The number of terminal acetylenes is 1. The third kappa shape index (κ3) is 6.94. The fourth-order valence-corrected chi connectivity index (χ4v) is 4.55. The Labute approximate surface area is 210 Å². The normalized spacial score (nSPS) is 17.9. The van der Waals surface area contributed by atoms with Gasteiger partial charge in [0.25, 0.3) is 0 Å². The number of hydrogen-bond acceptors (Lipinski definition) is 4. The van der Waals surface area contributed by atoms with Gasteiger partial charge >= 0.3 is 0 Å². The Bertz CT molecular complexity index is 1190. The van der Waals surface area contributed by atoms with Crippen molar-refractivity contribution < 1.29 is 4.79 Å². The molecule has 1 aliphatic heterocycles. The van der Waals surface area contributed by atoms with Crippen molar-refractivity contribution in [1.29, 1.82) is 0 Å². The van der Waals surface area contributed by atoms with Gasteiger partial charge in [-0.05, 0) is 75.6 Å². The number of Topliss-reactive ketones (excluding diaryl/α,β-unsaturated/α-hetero) is 1. The SMILES string of the molecule is C#C.C=C(N)C1CCCCN1Cc1ccc2[nH]c(/C(=C/C(=NC)C(/C=C\C)=C/C)C(C)=O)cc2c1. The number of benzene rings is 1. The summed E-state index contributed by atoms with van der Waals surface area (Å²) in [6.07, 6.45) is 19.3. The molecule has 1 unspecified atom stereocenters. The van der Waals surface area contributed by atoms with E-state index < -0.39 is 0 Å². The molecule has 0 bridgehead atoms. The molecule has 184 valence electrons. The number of aliphatic imine (C=N–C) groups is 1. The molecule has 0 aliphatic carbocycles. The van der Waals surface area contributed by atoms with E-state index >= 15 is 0 Å². The van der Waals surface area contributed by atoms with Crippen LogP contribution in [0, 0.1) is 12.8 Å². The zero-order valence-corrected chi connectivity index (χ0v) is 21.5. The van der Waals surface area contributed by atoms with Gasteiger partial charge in [-0.15, -0.1) is 12.8 Å². The molecule has 0 radical (unpaired) electrons. The van der Waals surface area contributed by atoms with Crippen LogP contribution in [0.2, 0.25) is 0 Å². The van der Waals surface area contributed by atoms with Crippen LogP contribution in [0.4, 0.5) is 0 Å². The van der Waals surface area contributed by atoms with E-state index in [4.69, 9.17) is 5.73 Å². The van der Waals surface area contributed by atoms with Gasteiger partial charge in [0, 0.05) is 41.8 Å². The van der Waals surface area contributed by atoms with Crippen molar-refractivity contribution in [1.82, 2.24) is 9.88 Å². The highest BCUT2D eigenvalue weighted by Crippen LogP contribution is 2.26. The molecule has 1 atom stereocenters. The van der Waals surface area contributed by atoms with Crippen LogP contribution in [0.3, 0.4) is 0 Å². The highest BCUT2D eigenvalue weighted by Gasteiger charge is 2.23. The van der Waals surface area contributed by atoms with Crippen LogP contribution in [0.5, 0.6) is 0 Å². The number of hydrogen-bond donors (Lipinski definition) is 2. The molecule has 5 heteroatoms. The Balaban J connectivity index is 0.00000210. The first kappa shape index (κ1) is 27.6. The number of aromatic nitrogens is 1.